The van der Waals surface area contributed by atoms with Gasteiger partial charge < -0.3 is 0 Å². The quantitative estimate of drug-likeness (QED) is 0.581. The maximum atomic E-state index is 2.42. The lowest BCUT2D eigenvalue weighted by atomic mass is 9.86. The molecule has 0 aromatic heterocycles. The van der Waals surface area contributed by atoms with Crippen molar-refractivity contribution in [1.82, 2.24) is 0 Å². The highest BCUT2D eigenvalue weighted by molar-refractivity contribution is 4.98. The lowest BCUT2D eigenvalue weighted by Gasteiger charge is -2.19. The van der Waals surface area contributed by atoms with E-state index in [1.165, 1.54) is 12.8 Å². The molecule has 66 valence electrons. The van der Waals surface area contributed by atoms with E-state index in [9.17, 15) is 0 Å². The van der Waals surface area contributed by atoms with Crippen LogP contribution in [0, 0.1) is 23.2 Å². The molecule has 0 heteroatoms. The van der Waals surface area contributed by atoms with Gasteiger partial charge in [-0.25, -0.2) is 0 Å². The van der Waals surface area contributed by atoms with Crippen molar-refractivity contribution in [2.24, 2.45) is 23.2 Å². The van der Waals surface area contributed by atoms with Gasteiger partial charge in [-0.2, -0.15) is 0 Å². The van der Waals surface area contributed by atoms with E-state index < -0.39 is 0 Å². The van der Waals surface area contributed by atoms with E-state index in [4.69, 9.17) is 0 Å². The molecule has 0 aromatic rings. The second-order valence-electron chi connectivity index (χ2n) is 5.04. The Morgan fingerprint density at radius 2 is 1.82 bits per heavy atom. The molecule has 1 aliphatic rings. The van der Waals surface area contributed by atoms with Crippen LogP contribution in [0.25, 0.3) is 0 Å². The minimum atomic E-state index is 0.669. The summed E-state index contributed by atoms with van der Waals surface area (Å²) in [7, 11) is 0. The molecule has 11 heavy (non-hydrogen) atoms. The molecule has 0 N–H and O–H groups in total. The van der Waals surface area contributed by atoms with Crippen LogP contribution in [0.4, 0.5) is 0 Å². The van der Waals surface area contributed by atoms with Gasteiger partial charge in [0.15, 0.2) is 0 Å². The van der Waals surface area contributed by atoms with Gasteiger partial charge in [-0.05, 0) is 29.6 Å². The molecule has 0 spiro atoms. The topological polar surface area (TPSA) is 0 Å². The predicted octanol–water partition coefficient (Wildman–Crippen LogP) is 3.71. The van der Waals surface area contributed by atoms with E-state index in [1.807, 2.05) is 0 Å². The molecule has 0 heterocycles. The van der Waals surface area contributed by atoms with E-state index in [0.29, 0.717) is 5.41 Å². The Morgan fingerprint density at radius 3 is 2.09 bits per heavy atom. The predicted molar refractivity (Wildman–Crippen MR) is 50.5 cm³/mol. The van der Waals surface area contributed by atoms with E-state index in [2.05, 4.69) is 34.6 Å². The summed E-state index contributed by atoms with van der Waals surface area (Å²) in [5.74, 6) is 2.87. The Kier molecular flexibility index (Phi) is 2.32. The van der Waals surface area contributed by atoms with E-state index >= 15 is 0 Å². The number of rotatable bonds is 3. The van der Waals surface area contributed by atoms with E-state index in [1.54, 1.807) is 0 Å². The molecule has 0 saturated heterocycles. The second-order valence-corrected chi connectivity index (χ2v) is 5.04. The van der Waals surface area contributed by atoms with Gasteiger partial charge in [-0.3, -0.25) is 0 Å². The maximum Gasteiger partial charge on any atom is -0.0320 e. The van der Waals surface area contributed by atoms with Gasteiger partial charge in [-0.15, -0.1) is 0 Å². The van der Waals surface area contributed by atoms with Crippen LogP contribution in [-0.4, -0.2) is 0 Å². The minimum Gasteiger partial charge on any atom is -0.0651 e. The van der Waals surface area contributed by atoms with Crippen LogP contribution in [0.2, 0.25) is 0 Å². The van der Waals surface area contributed by atoms with E-state index in [0.717, 1.165) is 17.8 Å². The Morgan fingerprint density at radius 1 is 1.36 bits per heavy atom. The molecule has 1 fully saturated rings. The highest BCUT2D eigenvalue weighted by atomic mass is 14.5. The molecular weight excluding hydrogens is 132 g/mol. The van der Waals surface area contributed by atoms with Gasteiger partial charge in [0, 0.05) is 0 Å². The highest BCUT2D eigenvalue weighted by Gasteiger charge is 2.49. The molecule has 0 aliphatic heterocycles. The summed E-state index contributed by atoms with van der Waals surface area (Å²) < 4.78 is 0. The SMILES string of the molecule is CCC(C)C(C)C1CC1(C)C. The molecule has 3 unspecified atom stereocenters. The van der Waals surface area contributed by atoms with Crippen LogP contribution in [0.3, 0.4) is 0 Å². The fourth-order valence-electron chi connectivity index (χ4n) is 2.17. The summed E-state index contributed by atoms with van der Waals surface area (Å²) in [6.45, 7) is 11.9. The van der Waals surface area contributed by atoms with Crippen LogP contribution >= 0.6 is 0 Å². The van der Waals surface area contributed by atoms with Gasteiger partial charge in [-0.1, -0.05) is 41.0 Å². The molecule has 1 aliphatic carbocycles. The normalized spacial score (nSPS) is 33.0. The zero-order valence-corrected chi connectivity index (χ0v) is 8.65. The Labute approximate surface area is 71.4 Å². The van der Waals surface area contributed by atoms with Gasteiger partial charge in [0.2, 0.25) is 0 Å². The average Bonchev–Trinajstić information content (AvgIpc) is 2.56. The zero-order valence-electron chi connectivity index (χ0n) is 8.65. The first-order valence-corrected chi connectivity index (χ1v) is 4.99. The molecule has 0 radical (unpaired) electrons. The van der Waals surface area contributed by atoms with Crippen molar-refractivity contribution < 1.29 is 0 Å². The molecule has 1 rings (SSSR count). The third kappa shape index (κ3) is 1.77. The van der Waals surface area contributed by atoms with Crippen molar-refractivity contribution in [3.8, 4) is 0 Å². The van der Waals surface area contributed by atoms with Crippen LogP contribution in [0.1, 0.15) is 47.5 Å². The Bertz CT molecular complexity index is 135. The van der Waals surface area contributed by atoms with Crippen LogP contribution in [0.15, 0.2) is 0 Å². The largest absolute Gasteiger partial charge is 0.0651 e. The van der Waals surface area contributed by atoms with Gasteiger partial charge in [0.25, 0.3) is 0 Å². The van der Waals surface area contributed by atoms with Gasteiger partial charge >= 0.3 is 0 Å². The summed E-state index contributed by atoms with van der Waals surface area (Å²) >= 11 is 0. The summed E-state index contributed by atoms with van der Waals surface area (Å²) in [6.07, 6.45) is 2.80. The van der Waals surface area contributed by atoms with Crippen LogP contribution in [0.5, 0.6) is 0 Å². The Balaban J connectivity index is 2.39. The molecule has 0 aromatic carbocycles. The molecule has 0 amide bonds. The third-order valence-corrected chi connectivity index (χ3v) is 3.77. The first kappa shape index (κ1) is 9.09. The van der Waals surface area contributed by atoms with Crippen molar-refractivity contribution in [2.75, 3.05) is 0 Å². The van der Waals surface area contributed by atoms with Crippen LogP contribution in [-0.2, 0) is 0 Å². The maximum absolute atomic E-state index is 2.42. The van der Waals surface area contributed by atoms with Gasteiger partial charge in [0.1, 0.15) is 0 Å². The smallest absolute Gasteiger partial charge is 0.0320 e. The molecule has 3 atom stereocenters. The molecular formula is C11H22. The summed E-state index contributed by atoms with van der Waals surface area (Å²) in [4.78, 5) is 0. The first-order chi connectivity index (χ1) is 4.99. The molecule has 1 saturated carbocycles. The minimum absolute atomic E-state index is 0.669. The van der Waals surface area contributed by atoms with Crippen molar-refractivity contribution >= 4 is 0 Å². The standard InChI is InChI=1S/C11H22/c1-6-8(2)9(3)10-7-11(10,4)5/h8-10H,6-7H2,1-5H3. The van der Waals surface area contributed by atoms with Crippen LogP contribution < -0.4 is 0 Å². The average molecular weight is 154 g/mol. The van der Waals surface area contributed by atoms with Gasteiger partial charge in [0.05, 0.1) is 0 Å². The lowest BCUT2D eigenvalue weighted by molar-refractivity contribution is 0.302. The fraction of sp³-hybridized carbons (Fsp3) is 1.00. The number of hydrogen-bond donors (Lipinski definition) is 0. The third-order valence-electron chi connectivity index (χ3n) is 3.77. The van der Waals surface area contributed by atoms with Crippen molar-refractivity contribution in [2.45, 2.75) is 47.5 Å². The number of hydrogen-bond acceptors (Lipinski definition) is 0. The van der Waals surface area contributed by atoms with E-state index in [-0.39, 0.29) is 0 Å². The first-order valence-electron chi connectivity index (χ1n) is 4.99. The molecule has 0 nitrogen and oxygen atoms in total. The monoisotopic (exact) mass is 154 g/mol. The van der Waals surface area contributed by atoms with Crippen molar-refractivity contribution in [3.63, 3.8) is 0 Å². The Hall–Kier alpha value is 0. The van der Waals surface area contributed by atoms with Crippen molar-refractivity contribution in [1.29, 1.82) is 0 Å². The fourth-order valence-corrected chi connectivity index (χ4v) is 2.17. The summed E-state index contributed by atoms with van der Waals surface area (Å²) in [5.41, 5.74) is 0.669. The lowest BCUT2D eigenvalue weighted by Crippen LogP contribution is -2.11. The zero-order chi connectivity index (χ0) is 8.65. The second kappa shape index (κ2) is 2.80. The highest BCUT2D eigenvalue weighted by Crippen LogP contribution is 2.57. The molecule has 0 bridgehead atoms. The summed E-state index contributed by atoms with van der Waals surface area (Å²) in [5, 5.41) is 0. The summed E-state index contributed by atoms with van der Waals surface area (Å²) in [6, 6.07) is 0. The van der Waals surface area contributed by atoms with Crippen molar-refractivity contribution in [3.05, 3.63) is 0 Å².